The van der Waals surface area contributed by atoms with Gasteiger partial charge in [-0.2, -0.15) is 0 Å². The second-order valence-corrected chi connectivity index (χ2v) is 3.84. The quantitative estimate of drug-likeness (QED) is 0.766. The molecular weight excluding hydrogens is 214 g/mol. The van der Waals surface area contributed by atoms with Crippen molar-refractivity contribution in [2.45, 2.75) is 5.38 Å². The van der Waals surface area contributed by atoms with Crippen molar-refractivity contribution in [1.82, 2.24) is 15.3 Å². The SMILES string of the molecule is COc1cnc(C2=CC(Cl)CNC2)cn1. The lowest BCUT2D eigenvalue weighted by atomic mass is 10.1. The van der Waals surface area contributed by atoms with E-state index in [4.69, 9.17) is 16.3 Å². The molecule has 80 valence electrons. The molecule has 1 aromatic heterocycles. The summed E-state index contributed by atoms with van der Waals surface area (Å²) in [6.45, 7) is 1.58. The second kappa shape index (κ2) is 4.59. The van der Waals surface area contributed by atoms with Gasteiger partial charge in [-0.1, -0.05) is 6.08 Å². The first-order chi connectivity index (χ1) is 7.29. The van der Waals surface area contributed by atoms with Crippen LogP contribution in [0.2, 0.25) is 0 Å². The van der Waals surface area contributed by atoms with E-state index >= 15 is 0 Å². The van der Waals surface area contributed by atoms with E-state index < -0.39 is 0 Å². The van der Waals surface area contributed by atoms with Gasteiger partial charge in [-0.25, -0.2) is 9.97 Å². The van der Waals surface area contributed by atoms with E-state index in [0.29, 0.717) is 5.88 Å². The predicted molar refractivity (Wildman–Crippen MR) is 59.1 cm³/mol. The van der Waals surface area contributed by atoms with Gasteiger partial charge in [-0.05, 0) is 5.57 Å². The van der Waals surface area contributed by atoms with Crippen LogP contribution < -0.4 is 10.1 Å². The Balaban J connectivity index is 2.21. The van der Waals surface area contributed by atoms with Gasteiger partial charge < -0.3 is 10.1 Å². The Labute approximate surface area is 93.3 Å². The minimum Gasteiger partial charge on any atom is -0.480 e. The van der Waals surface area contributed by atoms with Gasteiger partial charge in [0.15, 0.2) is 0 Å². The summed E-state index contributed by atoms with van der Waals surface area (Å²) < 4.78 is 4.94. The summed E-state index contributed by atoms with van der Waals surface area (Å²) in [7, 11) is 1.57. The van der Waals surface area contributed by atoms with Crippen LogP contribution in [0, 0.1) is 0 Å². The number of nitrogens with zero attached hydrogens (tertiary/aromatic N) is 2. The van der Waals surface area contributed by atoms with Crippen molar-refractivity contribution in [2.24, 2.45) is 0 Å². The van der Waals surface area contributed by atoms with E-state index in [1.165, 1.54) is 0 Å². The molecule has 0 saturated heterocycles. The standard InChI is InChI=1S/C10H12ClN3O/c1-15-10-6-13-9(5-14-10)7-2-8(11)4-12-3-7/h2,5-6,8,12H,3-4H2,1H3. The zero-order valence-electron chi connectivity index (χ0n) is 8.40. The highest BCUT2D eigenvalue weighted by Crippen LogP contribution is 2.17. The molecule has 1 aromatic rings. The van der Waals surface area contributed by atoms with Gasteiger partial charge in [0.05, 0.1) is 30.6 Å². The number of hydrogen-bond donors (Lipinski definition) is 1. The summed E-state index contributed by atoms with van der Waals surface area (Å²) in [5.41, 5.74) is 1.92. The third-order valence-electron chi connectivity index (χ3n) is 2.20. The monoisotopic (exact) mass is 225 g/mol. The molecule has 5 heteroatoms. The van der Waals surface area contributed by atoms with Gasteiger partial charge in [-0.15, -0.1) is 11.6 Å². The van der Waals surface area contributed by atoms with Crippen LogP contribution in [-0.4, -0.2) is 35.5 Å². The molecule has 0 aliphatic carbocycles. The second-order valence-electron chi connectivity index (χ2n) is 3.28. The van der Waals surface area contributed by atoms with E-state index in [2.05, 4.69) is 15.3 Å². The first-order valence-corrected chi connectivity index (χ1v) is 5.15. The maximum Gasteiger partial charge on any atom is 0.232 e. The number of ether oxygens (including phenoxy) is 1. The molecule has 0 radical (unpaired) electrons. The van der Waals surface area contributed by atoms with Crippen LogP contribution in [-0.2, 0) is 0 Å². The van der Waals surface area contributed by atoms with Crippen molar-refractivity contribution < 1.29 is 4.74 Å². The van der Waals surface area contributed by atoms with Crippen LogP contribution >= 0.6 is 11.6 Å². The average molecular weight is 226 g/mol. The largest absolute Gasteiger partial charge is 0.480 e. The van der Waals surface area contributed by atoms with Gasteiger partial charge >= 0.3 is 0 Å². The van der Waals surface area contributed by atoms with Crippen LogP contribution in [0.15, 0.2) is 18.5 Å². The summed E-state index contributed by atoms with van der Waals surface area (Å²) in [6.07, 6.45) is 5.31. The highest BCUT2D eigenvalue weighted by molar-refractivity contribution is 6.22. The number of methoxy groups -OCH3 is 1. The summed E-state index contributed by atoms with van der Waals surface area (Å²) in [4.78, 5) is 8.35. The lowest BCUT2D eigenvalue weighted by Crippen LogP contribution is -2.29. The molecule has 1 aliphatic heterocycles. The van der Waals surface area contributed by atoms with Crippen molar-refractivity contribution in [3.63, 3.8) is 0 Å². The smallest absolute Gasteiger partial charge is 0.232 e. The lowest BCUT2D eigenvalue weighted by Gasteiger charge is -2.17. The van der Waals surface area contributed by atoms with E-state index in [1.807, 2.05) is 6.08 Å². The molecule has 0 fully saturated rings. The van der Waals surface area contributed by atoms with Crippen LogP contribution in [0.3, 0.4) is 0 Å². The topological polar surface area (TPSA) is 47.0 Å². The van der Waals surface area contributed by atoms with Gasteiger partial charge in [0.25, 0.3) is 0 Å². The molecule has 1 aliphatic rings. The highest BCUT2D eigenvalue weighted by Gasteiger charge is 2.12. The Bertz CT molecular complexity index is 363. The molecule has 0 spiro atoms. The molecule has 0 bridgehead atoms. The number of aromatic nitrogens is 2. The lowest BCUT2D eigenvalue weighted by molar-refractivity contribution is 0.395. The third-order valence-corrected chi connectivity index (χ3v) is 2.48. The molecule has 2 heterocycles. The van der Waals surface area contributed by atoms with Crippen molar-refractivity contribution in [3.05, 3.63) is 24.2 Å². The van der Waals surface area contributed by atoms with Gasteiger partial charge in [0.1, 0.15) is 0 Å². The first-order valence-electron chi connectivity index (χ1n) is 4.71. The van der Waals surface area contributed by atoms with Crippen molar-refractivity contribution in [3.8, 4) is 5.88 Å². The molecule has 4 nitrogen and oxygen atoms in total. The van der Waals surface area contributed by atoms with Crippen LogP contribution in [0.4, 0.5) is 0 Å². The number of hydrogen-bond acceptors (Lipinski definition) is 4. The first kappa shape index (κ1) is 10.4. The summed E-state index contributed by atoms with van der Waals surface area (Å²) in [5, 5.41) is 3.24. The zero-order valence-corrected chi connectivity index (χ0v) is 9.16. The van der Waals surface area contributed by atoms with Gasteiger partial charge in [0, 0.05) is 13.1 Å². The molecule has 0 aromatic carbocycles. The van der Waals surface area contributed by atoms with Crippen LogP contribution in [0.25, 0.3) is 5.57 Å². The summed E-state index contributed by atoms with van der Waals surface area (Å²) in [6, 6.07) is 0. The molecule has 0 saturated carbocycles. The molecule has 2 rings (SSSR count). The zero-order chi connectivity index (χ0) is 10.7. The fourth-order valence-corrected chi connectivity index (χ4v) is 1.71. The summed E-state index contributed by atoms with van der Waals surface area (Å²) in [5.74, 6) is 0.519. The van der Waals surface area contributed by atoms with E-state index in [1.54, 1.807) is 19.5 Å². The van der Waals surface area contributed by atoms with Crippen molar-refractivity contribution in [2.75, 3.05) is 20.2 Å². The molecule has 1 unspecified atom stereocenters. The number of halogens is 1. The molecule has 1 atom stereocenters. The van der Waals surface area contributed by atoms with E-state index in [9.17, 15) is 0 Å². The predicted octanol–water partition coefficient (Wildman–Crippen LogP) is 1.08. The molecular formula is C10H12ClN3O. The molecule has 15 heavy (non-hydrogen) atoms. The molecule has 1 N–H and O–H groups in total. The fraction of sp³-hybridized carbons (Fsp3) is 0.400. The fourth-order valence-electron chi connectivity index (χ4n) is 1.44. The van der Waals surface area contributed by atoms with Crippen molar-refractivity contribution in [1.29, 1.82) is 0 Å². The number of nitrogens with one attached hydrogen (secondary N) is 1. The highest BCUT2D eigenvalue weighted by atomic mass is 35.5. The minimum atomic E-state index is 0.0256. The maximum absolute atomic E-state index is 6.01. The normalized spacial score (nSPS) is 20.9. The average Bonchev–Trinajstić information content (AvgIpc) is 2.29. The minimum absolute atomic E-state index is 0.0256. The maximum atomic E-state index is 6.01. The third kappa shape index (κ3) is 2.46. The van der Waals surface area contributed by atoms with Gasteiger partial charge in [0.2, 0.25) is 5.88 Å². The Morgan fingerprint density at radius 3 is 2.93 bits per heavy atom. The van der Waals surface area contributed by atoms with E-state index in [0.717, 1.165) is 24.4 Å². The van der Waals surface area contributed by atoms with Crippen LogP contribution in [0.5, 0.6) is 5.88 Å². The molecule has 0 amide bonds. The van der Waals surface area contributed by atoms with Crippen molar-refractivity contribution >= 4 is 17.2 Å². The Hall–Kier alpha value is -1.13. The Morgan fingerprint density at radius 2 is 2.33 bits per heavy atom. The Kier molecular flexibility index (Phi) is 3.18. The number of rotatable bonds is 2. The van der Waals surface area contributed by atoms with E-state index in [-0.39, 0.29) is 5.38 Å². The summed E-state index contributed by atoms with van der Waals surface area (Å²) >= 11 is 6.01. The Morgan fingerprint density at radius 1 is 1.47 bits per heavy atom. The van der Waals surface area contributed by atoms with Crippen LogP contribution in [0.1, 0.15) is 5.69 Å². The van der Waals surface area contributed by atoms with Gasteiger partial charge in [-0.3, -0.25) is 0 Å². The number of alkyl halides is 1.